The number of nitrogens with two attached hydrogens (primary N) is 1. The van der Waals surface area contributed by atoms with E-state index in [0.29, 0.717) is 22.5 Å². The molecule has 0 atom stereocenters. The molecule has 1 saturated heterocycles. The molecule has 0 saturated carbocycles. The van der Waals surface area contributed by atoms with Crippen molar-refractivity contribution in [2.45, 2.75) is 13.0 Å². The van der Waals surface area contributed by atoms with Gasteiger partial charge in [0.05, 0.1) is 11.2 Å². The summed E-state index contributed by atoms with van der Waals surface area (Å²) in [5.74, 6) is 0.0752. The van der Waals surface area contributed by atoms with Crippen LogP contribution in [0.5, 0.6) is 0 Å². The lowest BCUT2D eigenvalue weighted by Gasteiger charge is -2.30. The van der Waals surface area contributed by atoms with E-state index in [1.54, 1.807) is 6.07 Å². The highest BCUT2D eigenvalue weighted by Crippen LogP contribution is 2.25. The number of rotatable bonds is 3. The summed E-state index contributed by atoms with van der Waals surface area (Å²) < 4.78 is 14.0. The van der Waals surface area contributed by atoms with Crippen LogP contribution in [0, 0.1) is 5.82 Å². The SMILES string of the molecule is Nc1ncnc2ccc(-c3cc(F)cc(CN4CCC4)c3)nc12. The molecule has 2 N–H and O–H groups in total. The molecule has 2 aromatic heterocycles. The van der Waals surface area contributed by atoms with Crippen molar-refractivity contribution >= 4 is 16.9 Å². The monoisotopic (exact) mass is 309 g/mol. The lowest BCUT2D eigenvalue weighted by Crippen LogP contribution is -2.36. The zero-order chi connectivity index (χ0) is 15.8. The smallest absolute Gasteiger partial charge is 0.153 e. The zero-order valence-electron chi connectivity index (χ0n) is 12.5. The van der Waals surface area contributed by atoms with Crippen LogP contribution in [0.2, 0.25) is 0 Å². The summed E-state index contributed by atoms with van der Waals surface area (Å²) in [6.07, 6.45) is 2.63. The van der Waals surface area contributed by atoms with Gasteiger partial charge in [-0.05, 0) is 55.4 Å². The minimum Gasteiger partial charge on any atom is -0.382 e. The number of hydrogen-bond acceptors (Lipinski definition) is 5. The first kappa shape index (κ1) is 14.0. The van der Waals surface area contributed by atoms with Crippen molar-refractivity contribution in [3.63, 3.8) is 0 Å². The number of likely N-dealkylation sites (tertiary alicyclic amines) is 1. The zero-order valence-corrected chi connectivity index (χ0v) is 12.5. The molecule has 0 unspecified atom stereocenters. The van der Waals surface area contributed by atoms with Crippen molar-refractivity contribution in [3.8, 4) is 11.3 Å². The molecule has 1 fully saturated rings. The summed E-state index contributed by atoms with van der Waals surface area (Å²) in [6.45, 7) is 2.92. The van der Waals surface area contributed by atoms with Crippen molar-refractivity contribution < 1.29 is 4.39 Å². The number of pyridine rings is 1. The van der Waals surface area contributed by atoms with Gasteiger partial charge in [-0.2, -0.15) is 0 Å². The number of anilines is 1. The van der Waals surface area contributed by atoms with Crippen LogP contribution in [-0.2, 0) is 6.54 Å². The Morgan fingerprint density at radius 2 is 2.00 bits per heavy atom. The third kappa shape index (κ3) is 2.73. The standard InChI is InChI=1S/C17H16FN5/c18-13-7-11(9-23-4-1-5-23)6-12(8-13)14-2-3-15-16(22-14)17(19)21-10-20-15/h2-3,6-8,10H,1,4-5,9H2,(H2,19,20,21). The maximum absolute atomic E-state index is 14.0. The molecule has 0 aliphatic carbocycles. The highest BCUT2D eigenvalue weighted by molar-refractivity contribution is 5.85. The number of fused-ring (bicyclic) bond motifs is 1. The van der Waals surface area contributed by atoms with Gasteiger partial charge >= 0.3 is 0 Å². The predicted octanol–water partition coefficient (Wildman–Crippen LogP) is 2.62. The molecule has 3 aromatic rings. The molecule has 1 aliphatic rings. The fourth-order valence-electron chi connectivity index (χ4n) is 2.81. The largest absolute Gasteiger partial charge is 0.382 e. The molecule has 0 radical (unpaired) electrons. The molecule has 0 bridgehead atoms. The summed E-state index contributed by atoms with van der Waals surface area (Å²) >= 11 is 0. The Morgan fingerprint density at radius 3 is 2.78 bits per heavy atom. The van der Waals surface area contributed by atoms with E-state index in [0.717, 1.165) is 30.8 Å². The second kappa shape index (κ2) is 5.55. The first-order chi connectivity index (χ1) is 11.2. The van der Waals surface area contributed by atoms with E-state index in [4.69, 9.17) is 5.73 Å². The van der Waals surface area contributed by atoms with Crippen LogP contribution in [0.4, 0.5) is 10.2 Å². The van der Waals surface area contributed by atoms with E-state index in [1.807, 2.05) is 18.2 Å². The Hall–Kier alpha value is -2.60. The number of hydrogen-bond donors (Lipinski definition) is 1. The Bertz CT molecular complexity index is 876. The van der Waals surface area contributed by atoms with Crippen LogP contribution < -0.4 is 5.73 Å². The van der Waals surface area contributed by atoms with Gasteiger partial charge in [0, 0.05) is 12.1 Å². The molecule has 3 heterocycles. The summed E-state index contributed by atoms with van der Waals surface area (Å²) in [6, 6.07) is 8.72. The Morgan fingerprint density at radius 1 is 1.13 bits per heavy atom. The fourth-order valence-corrected chi connectivity index (χ4v) is 2.81. The van der Waals surface area contributed by atoms with Gasteiger partial charge in [-0.1, -0.05) is 0 Å². The van der Waals surface area contributed by atoms with Gasteiger partial charge in [0.25, 0.3) is 0 Å². The highest BCUT2D eigenvalue weighted by Gasteiger charge is 2.15. The molecular formula is C17H16FN5. The Balaban J connectivity index is 1.75. The average Bonchev–Trinajstić information content (AvgIpc) is 2.51. The molecule has 0 amide bonds. The molecule has 1 aromatic carbocycles. The number of nitrogens with zero attached hydrogens (tertiary/aromatic N) is 4. The van der Waals surface area contributed by atoms with Crippen molar-refractivity contribution in [2.24, 2.45) is 0 Å². The van der Waals surface area contributed by atoms with E-state index < -0.39 is 0 Å². The molecule has 1 aliphatic heterocycles. The lowest BCUT2D eigenvalue weighted by molar-refractivity contribution is 0.172. The van der Waals surface area contributed by atoms with Crippen LogP contribution in [0.1, 0.15) is 12.0 Å². The average molecular weight is 309 g/mol. The van der Waals surface area contributed by atoms with E-state index in [1.165, 1.54) is 18.8 Å². The third-order valence-electron chi connectivity index (χ3n) is 4.12. The Labute approximate surface area is 133 Å². The highest BCUT2D eigenvalue weighted by atomic mass is 19.1. The van der Waals surface area contributed by atoms with Gasteiger partial charge in [0.2, 0.25) is 0 Å². The van der Waals surface area contributed by atoms with Crippen LogP contribution >= 0.6 is 0 Å². The van der Waals surface area contributed by atoms with Crippen LogP contribution in [0.15, 0.2) is 36.7 Å². The first-order valence-corrected chi connectivity index (χ1v) is 7.58. The maximum Gasteiger partial charge on any atom is 0.153 e. The van der Waals surface area contributed by atoms with Gasteiger partial charge in [-0.25, -0.2) is 19.3 Å². The third-order valence-corrected chi connectivity index (χ3v) is 4.12. The van der Waals surface area contributed by atoms with Crippen LogP contribution in [-0.4, -0.2) is 32.9 Å². The minimum absolute atomic E-state index is 0.253. The van der Waals surface area contributed by atoms with Gasteiger partial charge in [-0.3, -0.25) is 4.90 Å². The van der Waals surface area contributed by atoms with Crippen LogP contribution in [0.3, 0.4) is 0 Å². The van der Waals surface area contributed by atoms with E-state index in [2.05, 4.69) is 19.9 Å². The second-order valence-corrected chi connectivity index (χ2v) is 5.80. The number of halogens is 1. The van der Waals surface area contributed by atoms with Gasteiger partial charge in [0.1, 0.15) is 17.7 Å². The quantitative estimate of drug-likeness (QED) is 0.805. The predicted molar refractivity (Wildman–Crippen MR) is 87.0 cm³/mol. The van der Waals surface area contributed by atoms with Gasteiger partial charge in [-0.15, -0.1) is 0 Å². The first-order valence-electron chi connectivity index (χ1n) is 7.58. The molecular weight excluding hydrogens is 293 g/mol. The number of nitrogen functional groups attached to an aromatic ring is 1. The van der Waals surface area contributed by atoms with Crippen LogP contribution in [0.25, 0.3) is 22.3 Å². The summed E-state index contributed by atoms with van der Waals surface area (Å²) in [5.41, 5.74) is 9.45. The summed E-state index contributed by atoms with van der Waals surface area (Å²) in [4.78, 5) is 14.9. The maximum atomic E-state index is 14.0. The molecule has 0 spiro atoms. The normalized spacial score (nSPS) is 14.8. The van der Waals surface area contributed by atoms with Crippen molar-refractivity contribution in [1.82, 2.24) is 19.9 Å². The van der Waals surface area contributed by atoms with E-state index >= 15 is 0 Å². The van der Waals surface area contributed by atoms with Crippen molar-refractivity contribution in [3.05, 3.63) is 48.0 Å². The fraction of sp³-hybridized carbons (Fsp3) is 0.235. The Kier molecular flexibility index (Phi) is 3.38. The van der Waals surface area contributed by atoms with Crippen molar-refractivity contribution in [2.75, 3.05) is 18.8 Å². The minimum atomic E-state index is -0.253. The van der Waals surface area contributed by atoms with Gasteiger partial charge in [0.15, 0.2) is 5.82 Å². The molecule has 116 valence electrons. The summed E-state index contributed by atoms with van der Waals surface area (Å²) in [5, 5.41) is 0. The molecule has 23 heavy (non-hydrogen) atoms. The van der Waals surface area contributed by atoms with Gasteiger partial charge < -0.3 is 5.73 Å². The molecule has 6 heteroatoms. The van der Waals surface area contributed by atoms with E-state index in [9.17, 15) is 4.39 Å². The second-order valence-electron chi connectivity index (χ2n) is 5.80. The lowest BCUT2D eigenvalue weighted by atomic mass is 10.0. The molecule has 4 rings (SSSR count). The van der Waals surface area contributed by atoms with E-state index in [-0.39, 0.29) is 5.82 Å². The van der Waals surface area contributed by atoms with Crippen molar-refractivity contribution in [1.29, 1.82) is 0 Å². The summed E-state index contributed by atoms with van der Waals surface area (Å²) in [7, 11) is 0. The molecule has 5 nitrogen and oxygen atoms in total. The topological polar surface area (TPSA) is 67.9 Å². The number of aromatic nitrogens is 3. The number of benzene rings is 1.